The molecule has 0 saturated carbocycles. The Morgan fingerprint density at radius 1 is 0.587 bits per heavy atom. The van der Waals surface area contributed by atoms with Crippen LogP contribution in [0.1, 0.15) is 120 Å². The van der Waals surface area contributed by atoms with E-state index in [0.717, 1.165) is 6.42 Å². The molecule has 13 heteroatoms. The van der Waals surface area contributed by atoms with Crippen molar-refractivity contribution in [3.8, 4) is 0 Å². The number of rotatable bonds is 32. The van der Waals surface area contributed by atoms with Gasteiger partial charge >= 0.3 is 23.9 Å². The molecule has 3 unspecified atom stereocenters. The lowest BCUT2D eigenvalue weighted by atomic mass is 10.1. The highest BCUT2D eigenvalue weighted by atomic mass is 17.0. The van der Waals surface area contributed by atoms with E-state index in [1.54, 1.807) is 27.7 Å². The highest BCUT2D eigenvalue weighted by molar-refractivity contribution is 5.69. The van der Waals surface area contributed by atoms with Gasteiger partial charge in [0, 0.05) is 52.5 Å². The van der Waals surface area contributed by atoms with Crippen LogP contribution < -0.4 is 0 Å². The summed E-state index contributed by atoms with van der Waals surface area (Å²) in [6.07, 6.45) is 2.45. The molecule has 0 bridgehead atoms. The molecular weight excluding hydrogens is 604 g/mol. The van der Waals surface area contributed by atoms with E-state index >= 15 is 0 Å². The third-order valence-electron chi connectivity index (χ3n) is 6.70. The number of carbonyl (C=O) groups excluding carboxylic acids is 1. The summed E-state index contributed by atoms with van der Waals surface area (Å²) in [6, 6.07) is 0. The topological polar surface area (TPSA) is 147 Å². The summed E-state index contributed by atoms with van der Waals surface area (Å²) in [5.41, 5.74) is 0. The third-order valence-corrected chi connectivity index (χ3v) is 6.70. The van der Waals surface area contributed by atoms with Crippen molar-refractivity contribution in [1.82, 2.24) is 0 Å². The van der Waals surface area contributed by atoms with E-state index in [1.165, 1.54) is 0 Å². The van der Waals surface area contributed by atoms with Crippen molar-refractivity contribution in [3.63, 3.8) is 0 Å². The van der Waals surface area contributed by atoms with Gasteiger partial charge in [-0.15, -0.1) is 0 Å². The molecule has 0 aliphatic rings. The van der Waals surface area contributed by atoms with Crippen LogP contribution >= 0.6 is 0 Å². The van der Waals surface area contributed by atoms with Crippen LogP contribution in [0.4, 0.5) is 0 Å². The Morgan fingerprint density at radius 2 is 1.13 bits per heavy atom. The Morgan fingerprint density at radius 3 is 1.61 bits per heavy atom. The summed E-state index contributed by atoms with van der Waals surface area (Å²) in [5.74, 6) is -7.66. The first-order valence-electron chi connectivity index (χ1n) is 17.3. The Bertz CT molecular complexity index is 769. The van der Waals surface area contributed by atoms with Gasteiger partial charge in [0.2, 0.25) is 12.1 Å². The monoisotopic (exact) mass is 668 g/mol. The van der Waals surface area contributed by atoms with E-state index in [-0.39, 0.29) is 52.5 Å². The summed E-state index contributed by atoms with van der Waals surface area (Å²) in [6.45, 7) is 17.9. The van der Waals surface area contributed by atoms with Gasteiger partial charge in [-0.3, -0.25) is 9.59 Å². The second-order valence-electron chi connectivity index (χ2n) is 10.4. The fourth-order valence-corrected chi connectivity index (χ4v) is 4.75. The van der Waals surface area contributed by atoms with Crippen LogP contribution in [-0.4, -0.2) is 100 Å². The number of carboxylic acid groups (broad SMARTS) is 1. The molecule has 274 valence electrons. The Labute approximate surface area is 277 Å². The first-order chi connectivity index (χ1) is 22.1. The van der Waals surface area contributed by atoms with Gasteiger partial charge < -0.3 is 52.5 Å². The number of aliphatic carboxylic acids is 1. The first kappa shape index (κ1) is 44.6. The molecule has 0 aromatic carbocycles. The summed E-state index contributed by atoms with van der Waals surface area (Å²) >= 11 is 0. The number of ether oxygens (including phenoxy) is 10. The molecule has 0 radical (unpaired) electrons. The summed E-state index contributed by atoms with van der Waals surface area (Å²) < 4.78 is 62.3. The summed E-state index contributed by atoms with van der Waals surface area (Å²) in [4.78, 5) is 24.4. The SMILES string of the molecule is CCCCOC(OCC)(OCC)C(OCC)(OC(=O)CCCCCCC(=O)O)OC(C)C(OCC)(OCC)C(OCC)OCCC. The van der Waals surface area contributed by atoms with Crippen LogP contribution in [0.3, 0.4) is 0 Å². The zero-order valence-corrected chi connectivity index (χ0v) is 30.0. The van der Waals surface area contributed by atoms with E-state index in [1.807, 2.05) is 34.6 Å². The molecule has 0 aromatic heterocycles. The minimum atomic E-state index is -2.39. The zero-order chi connectivity index (χ0) is 34.9. The van der Waals surface area contributed by atoms with Gasteiger partial charge in [0.1, 0.15) is 6.10 Å². The molecule has 3 atom stereocenters. The van der Waals surface area contributed by atoms with Crippen LogP contribution in [0.2, 0.25) is 0 Å². The highest BCUT2D eigenvalue weighted by Gasteiger charge is 2.66. The van der Waals surface area contributed by atoms with E-state index < -0.39 is 42.1 Å². The smallest absolute Gasteiger partial charge is 0.417 e. The molecule has 0 heterocycles. The van der Waals surface area contributed by atoms with E-state index in [9.17, 15) is 9.59 Å². The zero-order valence-electron chi connectivity index (χ0n) is 30.0. The average molecular weight is 669 g/mol. The van der Waals surface area contributed by atoms with E-state index in [0.29, 0.717) is 51.7 Å². The predicted octanol–water partition coefficient (Wildman–Crippen LogP) is 6.15. The molecule has 13 nitrogen and oxygen atoms in total. The second kappa shape index (κ2) is 25.6. The van der Waals surface area contributed by atoms with Crippen molar-refractivity contribution in [3.05, 3.63) is 0 Å². The van der Waals surface area contributed by atoms with Crippen LogP contribution in [-0.2, 0) is 57.0 Å². The largest absolute Gasteiger partial charge is 0.481 e. The maximum absolute atomic E-state index is 13.6. The first-order valence-corrected chi connectivity index (χ1v) is 17.3. The number of hydrogen-bond acceptors (Lipinski definition) is 12. The minimum Gasteiger partial charge on any atom is -0.481 e. The van der Waals surface area contributed by atoms with Crippen LogP contribution in [0.25, 0.3) is 0 Å². The quantitative estimate of drug-likeness (QED) is 0.0497. The molecule has 0 aromatic rings. The molecule has 0 aliphatic heterocycles. The van der Waals surface area contributed by atoms with Crippen molar-refractivity contribution in [2.75, 3.05) is 52.9 Å². The van der Waals surface area contributed by atoms with Gasteiger partial charge in [-0.25, -0.2) is 0 Å². The maximum atomic E-state index is 13.6. The van der Waals surface area contributed by atoms with Crippen molar-refractivity contribution in [2.24, 2.45) is 0 Å². The standard InChI is InChI=1S/C33H64O13/c1-10-18-26-44-32(41-15-6,42-16-7)33(43-17-8,46-29(36)24-22-20-19-21-23-28(34)35)45-27(9)31(39-13-4,40-14-5)30(37-12-3)38-25-11-2/h27,30H,10-26H2,1-9H3,(H,34,35). The lowest BCUT2D eigenvalue weighted by molar-refractivity contribution is -0.564. The van der Waals surface area contributed by atoms with Crippen molar-refractivity contribution in [1.29, 1.82) is 0 Å². The van der Waals surface area contributed by atoms with Gasteiger partial charge in [0.15, 0.2) is 0 Å². The summed E-state index contributed by atoms with van der Waals surface area (Å²) in [5, 5.41) is 8.91. The van der Waals surface area contributed by atoms with Gasteiger partial charge in [-0.1, -0.05) is 33.1 Å². The van der Waals surface area contributed by atoms with Crippen LogP contribution in [0.5, 0.6) is 0 Å². The average Bonchev–Trinajstić information content (AvgIpc) is 3.00. The molecule has 0 saturated heterocycles. The van der Waals surface area contributed by atoms with Crippen LogP contribution in [0, 0.1) is 0 Å². The van der Waals surface area contributed by atoms with E-state index in [4.69, 9.17) is 52.5 Å². The molecule has 1 N–H and O–H groups in total. The fraction of sp³-hybridized carbons (Fsp3) is 0.939. The molecule has 0 aliphatic carbocycles. The Kier molecular flexibility index (Phi) is 24.8. The van der Waals surface area contributed by atoms with Gasteiger partial charge in [0.05, 0.1) is 13.2 Å². The number of hydrogen-bond donors (Lipinski definition) is 1. The van der Waals surface area contributed by atoms with E-state index in [2.05, 4.69) is 0 Å². The molecule has 0 rings (SSSR count). The number of carbonyl (C=O) groups is 2. The Hall–Kier alpha value is -1.42. The lowest BCUT2D eigenvalue weighted by Gasteiger charge is -2.49. The molecule has 0 fully saturated rings. The van der Waals surface area contributed by atoms with Gasteiger partial charge in [0.25, 0.3) is 0 Å². The number of unbranched alkanes of at least 4 members (excludes halogenated alkanes) is 4. The Balaban J connectivity index is 6.99. The van der Waals surface area contributed by atoms with Gasteiger partial charge in [-0.05, 0) is 74.1 Å². The molecular formula is C33H64O13. The molecule has 0 amide bonds. The number of esters is 1. The fourth-order valence-electron chi connectivity index (χ4n) is 4.75. The van der Waals surface area contributed by atoms with Crippen molar-refractivity contribution in [2.45, 2.75) is 150 Å². The highest BCUT2D eigenvalue weighted by Crippen LogP contribution is 2.41. The maximum Gasteiger partial charge on any atom is 0.417 e. The van der Waals surface area contributed by atoms with Crippen LogP contribution in [0.15, 0.2) is 0 Å². The predicted molar refractivity (Wildman–Crippen MR) is 171 cm³/mol. The minimum absolute atomic E-state index is 0.00612. The molecule has 46 heavy (non-hydrogen) atoms. The second-order valence-corrected chi connectivity index (χ2v) is 10.4. The van der Waals surface area contributed by atoms with Gasteiger partial charge in [-0.2, -0.15) is 0 Å². The lowest BCUT2D eigenvalue weighted by Crippen LogP contribution is -2.69. The third kappa shape index (κ3) is 14.4. The molecule has 0 spiro atoms. The van der Waals surface area contributed by atoms with Crippen molar-refractivity contribution < 1.29 is 62.1 Å². The summed E-state index contributed by atoms with van der Waals surface area (Å²) in [7, 11) is 0. The number of carboxylic acids is 1. The normalized spacial score (nSPS) is 15.0. The van der Waals surface area contributed by atoms with Crippen molar-refractivity contribution >= 4 is 11.9 Å².